The van der Waals surface area contributed by atoms with Crippen molar-refractivity contribution in [3.8, 4) is 17.1 Å². The third-order valence-electron chi connectivity index (χ3n) is 3.02. The minimum Gasteiger partial charge on any atom is -0.508 e. The van der Waals surface area contributed by atoms with Crippen molar-refractivity contribution in [1.82, 2.24) is 9.97 Å². The van der Waals surface area contributed by atoms with Crippen LogP contribution in [0.4, 0.5) is 5.69 Å². The summed E-state index contributed by atoms with van der Waals surface area (Å²) in [5, 5.41) is 12.6. The standard InChI is InChI=1S/C15H20N4O/c1-2-13-14(17-9-3-8-16)10-18-15(19-13)11-4-6-12(20)7-5-11/h4-7,10,17,20H,2-3,8-9,16H2,1H3. The van der Waals surface area contributed by atoms with Gasteiger partial charge in [0.15, 0.2) is 5.82 Å². The van der Waals surface area contributed by atoms with Gasteiger partial charge in [-0.05, 0) is 43.7 Å². The first-order valence-corrected chi connectivity index (χ1v) is 6.84. The maximum atomic E-state index is 9.31. The highest BCUT2D eigenvalue weighted by molar-refractivity contribution is 5.59. The van der Waals surface area contributed by atoms with Gasteiger partial charge in [0, 0.05) is 12.1 Å². The zero-order valence-corrected chi connectivity index (χ0v) is 11.6. The van der Waals surface area contributed by atoms with Gasteiger partial charge < -0.3 is 16.2 Å². The smallest absolute Gasteiger partial charge is 0.159 e. The van der Waals surface area contributed by atoms with E-state index < -0.39 is 0 Å². The lowest BCUT2D eigenvalue weighted by Crippen LogP contribution is -2.11. The van der Waals surface area contributed by atoms with E-state index in [1.54, 1.807) is 12.1 Å². The third-order valence-corrected chi connectivity index (χ3v) is 3.02. The Labute approximate surface area is 118 Å². The van der Waals surface area contributed by atoms with Crippen LogP contribution in [0.25, 0.3) is 11.4 Å². The Morgan fingerprint density at radius 1 is 1.25 bits per heavy atom. The quantitative estimate of drug-likeness (QED) is 0.702. The van der Waals surface area contributed by atoms with Crippen molar-refractivity contribution in [2.24, 2.45) is 5.73 Å². The van der Waals surface area contributed by atoms with Crippen LogP contribution in [0.2, 0.25) is 0 Å². The van der Waals surface area contributed by atoms with Crippen LogP contribution in [0, 0.1) is 0 Å². The molecule has 0 aliphatic heterocycles. The average molecular weight is 272 g/mol. The van der Waals surface area contributed by atoms with Crippen molar-refractivity contribution in [2.45, 2.75) is 19.8 Å². The Hall–Kier alpha value is -2.14. The molecule has 0 saturated heterocycles. The zero-order valence-electron chi connectivity index (χ0n) is 11.6. The molecular formula is C15H20N4O. The van der Waals surface area contributed by atoms with Crippen LogP contribution >= 0.6 is 0 Å². The minimum absolute atomic E-state index is 0.240. The minimum atomic E-state index is 0.240. The fourth-order valence-electron chi connectivity index (χ4n) is 1.91. The third kappa shape index (κ3) is 3.45. The first-order chi connectivity index (χ1) is 9.74. The second-order valence-electron chi connectivity index (χ2n) is 4.52. The van der Waals surface area contributed by atoms with Gasteiger partial charge in [-0.25, -0.2) is 9.97 Å². The fourth-order valence-corrected chi connectivity index (χ4v) is 1.91. The lowest BCUT2D eigenvalue weighted by molar-refractivity contribution is 0.475. The average Bonchev–Trinajstić information content (AvgIpc) is 2.48. The van der Waals surface area contributed by atoms with Crippen LogP contribution in [0.3, 0.4) is 0 Å². The Morgan fingerprint density at radius 2 is 2.00 bits per heavy atom. The first-order valence-electron chi connectivity index (χ1n) is 6.84. The number of benzene rings is 1. The van der Waals surface area contributed by atoms with Gasteiger partial charge in [-0.3, -0.25) is 0 Å². The van der Waals surface area contributed by atoms with Crippen molar-refractivity contribution in [2.75, 3.05) is 18.4 Å². The summed E-state index contributed by atoms with van der Waals surface area (Å²) < 4.78 is 0. The summed E-state index contributed by atoms with van der Waals surface area (Å²) in [6.07, 6.45) is 3.56. The first kappa shape index (κ1) is 14.3. The molecule has 2 rings (SSSR count). The number of nitrogens with one attached hydrogen (secondary N) is 1. The molecule has 0 radical (unpaired) electrons. The van der Waals surface area contributed by atoms with Gasteiger partial charge in [0.2, 0.25) is 0 Å². The van der Waals surface area contributed by atoms with Crippen LogP contribution in [-0.4, -0.2) is 28.2 Å². The largest absolute Gasteiger partial charge is 0.508 e. The molecule has 0 unspecified atom stereocenters. The molecule has 5 heteroatoms. The number of hydrogen-bond donors (Lipinski definition) is 3. The van der Waals surface area contributed by atoms with Crippen molar-refractivity contribution in [3.63, 3.8) is 0 Å². The maximum Gasteiger partial charge on any atom is 0.159 e. The van der Waals surface area contributed by atoms with E-state index in [4.69, 9.17) is 5.73 Å². The second-order valence-corrected chi connectivity index (χ2v) is 4.52. The Kier molecular flexibility index (Phi) is 4.90. The molecule has 0 spiro atoms. The summed E-state index contributed by atoms with van der Waals surface area (Å²) in [4.78, 5) is 8.96. The molecule has 1 aromatic carbocycles. The molecular weight excluding hydrogens is 252 g/mol. The highest BCUT2D eigenvalue weighted by Crippen LogP contribution is 2.21. The van der Waals surface area contributed by atoms with E-state index in [1.165, 1.54) is 0 Å². The number of aryl methyl sites for hydroxylation is 1. The van der Waals surface area contributed by atoms with Crippen molar-refractivity contribution >= 4 is 5.69 Å². The molecule has 1 aromatic heterocycles. The SMILES string of the molecule is CCc1nc(-c2ccc(O)cc2)ncc1NCCCN. The van der Waals surface area contributed by atoms with Crippen LogP contribution in [0.1, 0.15) is 19.0 Å². The highest BCUT2D eigenvalue weighted by atomic mass is 16.3. The van der Waals surface area contributed by atoms with E-state index in [1.807, 2.05) is 18.3 Å². The predicted molar refractivity (Wildman–Crippen MR) is 80.7 cm³/mol. The zero-order chi connectivity index (χ0) is 14.4. The summed E-state index contributed by atoms with van der Waals surface area (Å²) in [6.45, 7) is 3.56. The van der Waals surface area contributed by atoms with Gasteiger partial charge in [0.1, 0.15) is 5.75 Å². The number of nitrogens with zero attached hydrogens (tertiary/aromatic N) is 2. The molecule has 0 fully saturated rings. The van der Waals surface area contributed by atoms with Gasteiger partial charge >= 0.3 is 0 Å². The topological polar surface area (TPSA) is 84.1 Å². The predicted octanol–water partition coefficient (Wildman–Crippen LogP) is 2.17. The summed E-state index contributed by atoms with van der Waals surface area (Å²) >= 11 is 0. The monoisotopic (exact) mass is 272 g/mol. The van der Waals surface area contributed by atoms with Gasteiger partial charge in [0.05, 0.1) is 17.6 Å². The Morgan fingerprint density at radius 3 is 2.65 bits per heavy atom. The molecule has 20 heavy (non-hydrogen) atoms. The van der Waals surface area contributed by atoms with Gasteiger partial charge in [0.25, 0.3) is 0 Å². The lowest BCUT2D eigenvalue weighted by Gasteiger charge is -2.11. The molecule has 5 nitrogen and oxygen atoms in total. The molecule has 4 N–H and O–H groups in total. The van der Waals surface area contributed by atoms with Crippen LogP contribution in [-0.2, 0) is 6.42 Å². The molecule has 0 amide bonds. The van der Waals surface area contributed by atoms with Crippen LogP contribution in [0.15, 0.2) is 30.5 Å². The molecule has 2 aromatic rings. The number of aromatic nitrogens is 2. The molecule has 0 bridgehead atoms. The van der Waals surface area contributed by atoms with E-state index in [0.29, 0.717) is 12.4 Å². The molecule has 1 heterocycles. The molecule has 0 aliphatic rings. The molecule has 0 atom stereocenters. The van der Waals surface area contributed by atoms with E-state index in [0.717, 1.165) is 36.3 Å². The summed E-state index contributed by atoms with van der Waals surface area (Å²) in [5.74, 6) is 0.913. The van der Waals surface area contributed by atoms with Crippen LogP contribution in [0.5, 0.6) is 5.75 Å². The van der Waals surface area contributed by atoms with Gasteiger partial charge in [-0.15, -0.1) is 0 Å². The van der Waals surface area contributed by atoms with Crippen molar-refractivity contribution in [3.05, 3.63) is 36.2 Å². The maximum absolute atomic E-state index is 9.31. The summed E-state index contributed by atoms with van der Waals surface area (Å²) in [5.41, 5.74) is 8.33. The van der Waals surface area contributed by atoms with Crippen LogP contribution < -0.4 is 11.1 Å². The summed E-state index contributed by atoms with van der Waals surface area (Å²) in [7, 11) is 0. The van der Waals surface area contributed by atoms with E-state index >= 15 is 0 Å². The number of phenolic OH excluding ortho intramolecular Hbond substituents is 1. The fraction of sp³-hybridized carbons (Fsp3) is 0.333. The number of nitrogens with two attached hydrogens (primary N) is 1. The summed E-state index contributed by atoms with van der Waals surface area (Å²) in [6, 6.07) is 6.90. The van der Waals surface area contributed by atoms with Gasteiger partial charge in [-0.2, -0.15) is 0 Å². The number of anilines is 1. The second kappa shape index (κ2) is 6.86. The van der Waals surface area contributed by atoms with Crippen molar-refractivity contribution in [1.29, 1.82) is 0 Å². The number of aromatic hydroxyl groups is 1. The molecule has 0 saturated carbocycles. The Balaban J connectivity index is 2.22. The number of phenols is 1. The number of hydrogen-bond acceptors (Lipinski definition) is 5. The lowest BCUT2D eigenvalue weighted by atomic mass is 10.2. The Bertz CT molecular complexity index is 554. The van der Waals surface area contributed by atoms with Crippen molar-refractivity contribution < 1.29 is 5.11 Å². The van der Waals surface area contributed by atoms with E-state index in [-0.39, 0.29) is 5.75 Å². The number of rotatable bonds is 6. The van der Waals surface area contributed by atoms with Gasteiger partial charge in [-0.1, -0.05) is 6.92 Å². The highest BCUT2D eigenvalue weighted by Gasteiger charge is 2.07. The molecule has 106 valence electrons. The normalized spacial score (nSPS) is 10.5. The van der Waals surface area contributed by atoms with E-state index in [2.05, 4.69) is 22.2 Å². The van der Waals surface area contributed by atoms with E-state index in [9.17, 15) is 5.11 Å². The molecule has 0 aliphatic carbocycles.